The largest absolute Gasteiger partial charge is 0.456 e. The molecule has 0 fully saturated rings. The maximum Gasteiger partial charge on any atom is 0.137 e. The van der Waals surface area contributed by atoms with Crippen molar-refractivity contribution < 1.29 is 4.42 Å². The van der Waals surface area contributed by atoms with E-state index in [4.69, 9.17) is 4.42 Å². The van der Waals surface area contributed by atoms with Crippen LogP contribution < -0.4 is 0 Å². The van der Waals surface area contributed by atoms with E-state index in [2.05, 4.69) is 229 Å². The molecule has 13 aromatic carbocycles. The smallest absolute Gasteiger partial charge is 0.137 e. The summed E-state index contributed by atoms with van der Waals surface area (Å²) in [6, 6.07) is 83.5. The zero-order chi connectivity index (χ0) is 44.9. The van der Waals surface area contributed by atoms with Crippen molar-refractivity contribution in [3.05, 3.63) is 224 Å². The van der Waals surface area contributed by atoms with Crippen LogP contribution in [0.5, 0.6) is 0 Å². The monoisotopic (exact) mass is 891 g/mol. The number of para-hydroxylation sites is 1. The van der Waals surface area contributed by atoms with Crippen LogP contribution in [-0.4, -0.2) is 4.57 Å². The lowest BCUT2D eigenvalue weighted by molar-refractivity contribution is 0.669. The summed E-state index contributed by atoms with van der Waals surface area (Å²) in [5.74, 6) is 0. The number of furan rings is 1. The Morgan fingerprint density at radius 1 is 0.261 bits per heavy atom. The van der Waals surface area contributed by atoms with Crippen molar-refractivity contribution in [3.63, 3.8) is 0 Å². The Balaban J connectivity index is 0.981. The van der Waals surface area contributed by atoms with Gasteiger partial charge in [0.2, 0.25) is 0 Å². The molecule has 0 unspecified atom stereocenters. The molecular weight excluding hydrogens is 855 g/mol. The standard InChI is InChI=1S/C66H37NOS/c1-3-17-44-42(15-1)43-16-2-4-18-45(43)54-36-60-56(34-52(44)54)57-35-53-47-20-6-5-19-46(47)51-32-40(38-13-11-14-39(31-38)41-28-30-65-58(33-41)49-21-8-10-26-64(49)69-65)27-29-48(51)55(53)37-61(57)67(60)59-23-12-25-63-66(59)50-22-7-9-24-62(50)68-63/h1-37H. The van der Waals surface area contributed by atoms with E-state index in [0.717, 1.165) is 27.6 Å². The highest BCUT2D eigenvalue weighted by atomic mass is 32.1. The molecule has 0 radical (unpaired) electrons. The summed E-state index contributed by atoms with van der Waals surface area (Å²) < 4.78 is 11.7. The highest BCUT2D eigenvalue weighted by Gasteiger charge is 2.22. The van der Waals surface area contributed by atoms with Gasteiger partial charge in [-0.1, -0.05) is 152 Å². The summed E-state index contributed by atoms with van der Waals surface area (Å²) in [6.45, 7) is 0. The first-order valence-electron chi connectivity index (χ1n) is 23.7. The van der Waals surface area contributed by atoms with Gasteiger partial charge < -0.3 is 8.98 Å². The van der Waals surface area contributed by atoms with E-state index in [1.54, 1.807) is 0 Å². The highest BCUT2D eigenvalue weighted by Crippen LogP contribution is 2.47. The van der Waals surface area contributed by atoms with Crippen LogP contribution in [0.3, 0.4) is 0 Å². The van der Waals surface area contributed by atoms with E-state index >= 15 is 0 Å². The number of fused-ring (bicyclic) bond motifs is 21. The molecule has 2 nitrogen and oxygen atoms in total. The van der Waals surface area contributed by atoms with Gasteiger partial charge in [0.1, 0.15) is 11.2 Å². The molecular formula is C66H37NOS. The van der Waals surface area contributed by atoms with Crippen LogP contribution in [0.2, 0.25) is 0 Å². The molecule has 0 bridgehead atoms. The van der Waals surface area contributed by atoms with Crippen molar-refractivity contribution in [2.45, 2.75) is 0 Å². The lowest BCUT2D eigenvalue weighted by Crippen LogP contribution is -1.95. The van der Waals surface area contributed by atoms with Gasteiger partial charge in [0.05, 0.1) is 22.1 Å². The molecule has 0 saturated carbocycles. The van der Waals surface area contributed by atoms with Crippen molar-refractivity contribution in [2.75, 3.05) is 0 Å². The quantitative estimate of drug-likeness (QED) is 0.162. The summed E-state index contributed by atoms with van der Waals surface area (Å²) in [5, 5.41) is 22.4. The minimum Gasteiger partial charge on any atom is -0.456 e. The van der Waals surface area contributed by atoms with Crippen LogP contribution in [0.25, 0.3) is 156 Å². The average molecular weight is 892 g/mol. The van der Waals surface area contributed by atoms with Crippen LogP contribution in [-0.2, 0) is 0 Å². The van der Waals surface area contributed by atoms with Gasteiger partial charge in [-0.15, -0.1) is 11.3 Å². The molecule has 0 aliphatic heterocycles. The van der Waals surface area contributed by atoms with Gasteiger partial charge in [0.15, 0.2) is 0 Å². The number of hydrogen-bond donors (Lipinski definition) is 0. The SMILES string of the molecule is c1cc(-c2ccc3sc4ccccc4c3c2)cc(-c2ccc3c(c2)c2ccccc2c2cc4c5cc6c7ccccc7c7ccccc7c6cc5n(-c5cccc6oc7ccccc7c56)c4cc32)c1. The van der Waals surface area contributed by atoms with Gasteiger partial charge >= 0.3 is 0 Å². The van der Waals surface area contributed by atoms with Gasteiger partial charge in [-0.05, 0) is 160 Å². The fraction of sp³-hybridized carbons (Fsp3) is 0. The number of thiophene rings is 1. The second kappa shape index (κ2) is 13.9. The minimum absolute atomic E-state index is 0.885. The fourth-order valence-electron chi connectivity index (χ4n) is 12.0. The Morgan fingerprint density at radius 3 is 1.33 bits per heavy atom. The molecule has 16 aromatic rings. The van der Waals surface area contributed by atoms with E-state index in [9.17, 15) is 0 Å². The Bertz CT molecular complexity index is 4910. The molecule has 318 valence electrons. The summed E-state index contributed by atoms with van der Waals surface area (Å²) >= 11 is 1.87. The van der Waals surface area contributed by atoms with Gasteiger partial charge in [0, 0.05) is 36.3 Å². The van der Waals surface area contributed by atoms with Crippen LogP contribution in [0.1, 0.15) is 0 Å². The van der Waals surface area contributed by atoms with E-state index < -0.39 is 0 Å². The highest BCUT2D eigenvalue weighted by molar-refractivity contribution is 7.25. The molecule has 3 aromatic heterocycles. The Kier molecular flexibility index (Phi) is 7.52. The third kappa shape index (κ3) is 5.25. The first-order valence-corrected chi connectivity index (χ1v) is 24.5. The summed E-state index contributed by atoms with van der Waals surface area (Å²) in [5.41, 5.74) is 10.1. The number of hydrogen-bond acceptors (Lipinski definition) is 2. The predicted molar refractivity (Wildman–Crippen MR) is 297 cm³/mol. The first kappa shape index (κ1) is 37.3. The molecule has 3 heteroatoms. The zero-order valence-electron chi connectivity index (χ0n) is 37.1. The molecule has 0 aliphatic carbocycles. The molecule has 16 rings (SSSR count). The Hall–Kier alpha value is -8.76. The van der Waals surface area contributed by atoms with Crippen LogP contribution in [0.4, 0.5) is 0 Å². The molecule has 0 N–H and O–H groups in total. The zero-order valence-corrected chi connectivity index (χ0v) is 37.9. The summed E-state index contributed by atoms with van der Waals surface area (Å²) in [4.78, 5) is 0. The van der Waals surface area contributed by atoms with Crippen molar-refractivity contribution in [1.29, 1.82) is 0 Å². The molecule has 69 heavy (non-hydrogen) atoms. The molecule has 3 heterocycles. The van der Waals surface area contributed by atoms with Crippen LogP contribution in [0.15, 0.2) is 229 Å². The lowest BCUT2D eigenvalue weighted by atomic mass is 9.90. The fourth-order valence-corrected chi connectivity index (χ4v) is 13.1. The van der Waals surface area contributed by atoms with Gasteiger partial charge in [-0.3, -0.25) is 0 Å². The Labute approximate surface area is 399 Å². The van der Waals surface area contributed by atoms with Gasteiger partial charge in [0.25, 0.3) is 0 Å². The predicted octanol–water partition coefficient (Wildman–Crippen LogP) is 19.3. The maximum atomic E-state index is 6.56. The minimum atomic E-state index is 0.885. The van der Waals surface area contributed by atoms with E-state index in [0.29, 0.717) is 0 Å². The summed E-state index contributed by atoms with van der Waals surface area (Å²) in [6.07, 6.45) is 0. The van der Waals surface area contributed by atoms with E-state index in [1.165, 1.54) is 129 Å². The first-order chi connectivity index (χ1) is 34.2. The molecule has 0 aliphatic rings. The van der Waals surface area contributed by atoms with Crippen LogP contribution in [0, 0.1) is 0 Å². The second-order valence-corrected chi connectivity index (χ2v) is 19.8. The molecule has 0 spiro atoms. The van der Waals surface area contributed by atoms with E-state index in [1.807, 2.05) is 11.3 Å². The van der Waals surface area contributed by atoms with Gasteiger partial charge in [-0.25, -0.2) is 0 Å². The van der Waals surface area contributed by atoms with E-state index in [-0.39, 0.29) is 0 Å². The summed E-state index contributed by atoms with van der Waals surface area (Å²) in [7, 11) is 0. The number of benzene rings is 13. The average Bonchev–Trinajstić information content (AvgIpc) is 4.09. The molecule has 0 amide bonds. The molecule has 0 saturated heterocycles. The number of rotatable bonds is 3. The third-order valence-corrected chi connectivity index (χ3v) is 16.3. The van der Waals surface area contributed by atoms with Crippen molar-refractivity contribution in [3.8, 4) is 27.9 Å². The normalized spacial score (nSPS) is 12.3. The second-order valence-electron chi connectivity index (χ2n) is 18.7. The third-order valence-electron chi connectivity index (χ3n) is 15.1. The topological polar surface area (TPSA) is 18.1 Å². The van der Waals surface area contributed by atoms with Crippen molar-refractivity contribution >= 4 is 140 Å². The van der Waals surface area contributed by atoms with Crippen molar-refractivity contribution in [1.82, 2.24) is 4.57 Å². The Morgan fingerprint density at radius 2 is 0.696 bits per heavy atom. The van der Waals surface area contributed by atoms with Crippen molar-refractivity contribution in [2.24, 2.45) is 0 Å². The number of nitrogens with zero attached hydrogens (tertiary/aromatic N) is 1. The van der Waals surface area contributed by atoms with Gasteiger partial charge in [-0.2, -0.15) is 0 Å². The molecule has 0 atom stereocenters. The maximum absolute atomic E-state index is 6.56. The number of aromatic nitrogens is 1. The van der Waals surface area contributed by atoms with Crippen LogP contribution >= 0.6 is 11.3 Å². The lowest BCUT2D eigenvalue weighted by Gasteiger charge is -2.14.